The predicted octanol–water partition coefficient (Wildman–Crippen LogP) is 12.6. The van der Waals surface area contributed by atoms with Crippen molar-refractivity contribution in [3.63, 3.8) is 0 Å². The standard InChI is InChI=1S/C50H38N4/c1-3-10-33(11-4-1)34-17-21-37(22-18-34)46-32-47(54-50(53-46)40-12-5-2-6-13-40)44-29-28-41(42-15-7-8-16-43(42)44)35-19-23-36(24-20-35)45-30-27-39-26-25-38-14-9-31-51-48(38)49(39)52-45/h2-3,5-12,14-17,19-32,34,40H,1,4,13,18H2. The zero-order valence-electron chi connectivity index (χ0n) is 29.9. The third-order valence-electron chi connectivity index (χ3n) is 11.0. The first-order valence-corrected chi connectivity index (χ1v) is 19.0. The summed E-state index contributed by atoms with van der Waals surface area (Å²) in [6.07, 6.45) is 28.6. The zero-order chi connectivity index (χ0) is 35.8. The SMILES string of the molecule is C1=CCC(c2nc(C3=CCC(C4=CCCC=C4)C=C3)cc(-c3ccc(-c4ccc(-c5ccc6ccc7cccnc7c6n5)cc4)c4ccccc34)n2)C=C1. The van der Waals surface area contributed by atoms with E-state index in [1.54, 1.807) is 0 Å². The lowest BCUT2D eigenvalue weighted by Gasteiger charge is -2.20. The van der Waals surface area contributed by atoms with Crippen molar-refractivity contribution in [3.8, 4) is 33.6 Å². The van der Waals surface area contributed by atoms with Crippen molar-refractivity contribution in [2.45, 2.75) is 31.6 Å². The minimum absolute atomic E-state index is 0.142. The summed E-state index contributed by atoms with van der Waals surface area (Å²) in [7, 11) is 0. The summed E-state index contributed by atoms with van der Waals surface area (Å²) in [5.41, 5.74) is 11.9. The molecule has 3 aliphatic rings. The van der Waals surface area contributed by atoms with Crippen molar-refractivity contribution < 1.29 is 0 Å². The molecule has 0 spiro atoms. The van der Waals surface area contributed by atoms with Crippen LogP contribution in [0.15, 0.2) is 176 Å². The second-order valence-corrected chi connectivity index (χ2v) is 14.4. The van der Waals surface area contributed by atoms with Gasteiger partial charge in [-0.1, -0.05) is 146 Å². The van der Waals surface area contributed by atoms with Gasteiger partial charge in [-0.3, -0.25) is 4.98 Å². The topological polar surface area (TPSA) is 51.6 Å². The van der Waals surface area contributed by atoms with Gasteiger partial charge in [-0.25, -0.2) is 15.0 Å². The molecule has 2 unspecified atom stereocenters. The summed E-state index contributed by atoms with van der Waals surface area (Å²) in [6.45, 7) is 0. The lowest BCUT2D eigenvalue weighted by atomic mass is 9.86. The average Bonchev–Trinajstić information content (AvgIpc) is 3.26. The highest BCUT2D eigenvalue weighted by atomic mass is 14.9. The average molecular weight is 695 g/mol. The van der Waals surface area contributed by atoms with Gasteiger partial charge in [0.25, 0.3) is 0 Å². The Morgan fingerprint density at radius 1 is 0.519 bits per heavy atom. The molecule has 4 nitrogen and oxygen atoms in total. The molecule has 258 valence electrons. The van der Waals surface area contributed by atoms with Gasteiger partial charge in [-0.15, -0.1) is 0 Å². The number of benzene rings is 4. The Morgan fingerprint density at radius 3 is 2.11 bits per heavy atom. The van der Waals surface area contributed by atoms with E-state index in [1.165, 1.54) is 27.5 Å². The molecule has 0 amide bonds. The number of rotatable bonds is 6. The smallest absolute Gasteiger partial charge is 0.136 e. The molecule has 3 heterocycles. The van der Waals surface area contributed by atoms with Gasteiger partial charge in [0, 0.05) is 39.9 Å². The van der Waals surface area contributed by atoms with E-state index in [0.717, 1.165) is 87.1 Å². The van der Waals surface area contributed by atoms with Crippen LogP contribution in [0.25, 0.3) is 71.8 Å². The molecular weight excluding hydrogens is 657 g/mol. The van der Waals surface area contributed by atoms with Crippen LogP contribution in [-0.2, 0) is 0 Å². The Balaban J connectivity index is 1.01. The third-order valence-corrected chi connectivity index (χ3v) is 11.0. The maximum atomic E-state index is 5.27. The predicted molar refractivity (Wildman–Crippen MR) is 224 cm³/mol. The van der Waals surface area contributed by atoms with E-state index in [1.807, 2.05) is 12.3 Å². The van der Waals surface area contributed by atoms with E-state index >= 15 is 0 Å². The van der Waals surface area contributed by atoms with Gasteiger partial charge in [0.05, 0.1) is 28.1 Å². The van der Waals surface area contributed by atoms with Crippen LogP contribution >= 0.6 is 0 Å². The van der Waals surface area contributed by atoms with E-state index in [9.17, 15) is 0 Å². The third kappa shape index (κ3) is 6.00. The van der Waals surface area contributed by atoms with Crippen LogP contribution in [0.1, 0.15) is 43.1 Å². The Hall–Kier alpha value is -6.52. The highest BCUT2D eigenvalue weighted by Gasteiger charge is 2.20. The summed E-state index contributed by atoms with van der Waals surface area (Å²) in [6, 6.07) is 36.7. The van der Waals surface area contributed by atoms with Gasteiger partial charge in [-0.05, 0) is 76.9 Å². The molecule has 2 atom stereocenters. The van der Waals surface area contributed by atoms with E-state index < -0.39 is 0 Å². The Bertz CT molecular complexity index is 2780. The van der Waals surface area contributed by atoms with E-state index in [0.29, 0.717) is 5.92 Å². The molecular formula is C50H38N4. The summed E-state index contributed by atoms with van der Waals surface area (Å²) < 4.78 is 0. The highest BCUT2D eigenvalue weighted by Crippen LogP contribution is 2.38. The summed E-state index contributed by atoms with van der Waals surface area (Å²) in [5.74, 6) is 1.43. The van der Waals surface area contributed by atoms with Gasteiger partial charge in [0.2, 0.25) is 0 Å². The van der Waals surface area contributed by atoms with Crippen LogP contribution in [0.5, 0.6) is 0 Å². The molecule has 10 rings (SSSR count). The summed E-state index contributed by atoms with van der Waals surface area (Å²) in [4.78, 5) is 20.2. The lowest BCUT2D eigenvalue weighted by molar-refractivity contribution is 0.764. The summed E-state index contributed by atoms with van der Waals surface area (Å²) >= 11 is 0. The molecule has 0 saturated heterocycles. The van der Waals surface area contributed by atoms with E-state index in [4.69, 9.17) is 15.0 Å². The number of pyridine rings is 2. The van der Waals surface area contributed by atoms with Gasteiger partial charge in [-0.2, -0.15) is 0 Å². The highest BCUT2D eigenvalue weighted by molar-refractivity contribution is 6.05. The molecule has 4 heteroatoms. The molecule has 3 aliphatic carbocycles. The van der Waals surface area contributed by atoms with Gasteiger partial charge >= 0.3 is 0 Å². The quantitative estimate of drug-likeness (QED) is 0.163. The molecule has 0 radical (unpaired) electrons. The monoisotopic (exact) mass is 694 g/mol. The Labute approximate surface area is 315 Å². The van der Waals surface area contributed by atoms with Crippen LogP contribution in [0, 0.1) is 5.92 Å². The molecule has 0 aliphatic heterocycles. The van der Waals surface area contributed by atoms with E-state index in [-0.39, 0.29) is 5.92 Å². The Kier molecular flexibility index (Phi) is 8.21. The van der Waals surface area contributed by atoms with Crippen molar-refractivity contribution in [1.82, 2.24) is 19.9 Å². The van der Waals surface area contributed by atoms with Crippen LogP contribution in [0.3, 0.4) is 0 Å². The van der Waals surface area contributed by atoms with Crippen molar-refractivity contribution in [2.24, 2.45) is 5.92 Å². The van der Waals surface area contributed by atoms with E-state index in [2.05, 4.69) is 163 Å². The van der Waals surface area contributed by atoms with Crippen molar-refractivity contribution in [2.75, 3.05) is 0 Å². The number of fused-ring (bicyclic) bond motifs is 4. The molecule has 4 aromatic carbocycles. The van der Waals surface area contributed by atoms with Crippen LogP contribution in [-0.4, -0.2) is 19.9 Å². The fourth-order valence-corrected chi connectivity index (χ4v) is 8.13. The molecule has 0 saturated carbocycles. The van der Waals surface area contributed by atoms with Crippen LogP contribution in [0.2, 0.25) is 0 Å². The number of hydrogen-bond acceptors (Lipinski definition) is 4. The number of nitrogens with zero attached hydrogens (tertiary/aromatic N) is 4. The molecule has 7 aromatic rings. The maximum Gasteiger partial charge on any atom is 0.136 e. The Morgan fingerprint density at radius 2 is 1.31 bits per heavy atom. The second kappa shape index (κ2) is 13.8. The molecule has 0 fully saturated rings. The normalized spacial score (nSPS) is 18.0. The van der Waals surface area contributed by atoms with Gasteiger partial charge < -0.3 is 0 Å². The summed E-state index contributed by atoms with van der Waals surface area (Å²) in [5, 5.41) is 4.56. The maximum absolute atomic E-state index is 5.27. The van der Waals surface area contributed by atoms with Crippen LogP contribution < -0.4 is 0 Å². The molecule has 54 heavy (non-hydrogen) atoms. The number of aromatic nitrogens is 4. The molecule has 3 aromatic heterocycles. The van der Waals surface area contributed by atoms with Crippen molar-refractivity contribution >= 4 is 38.2 Å². The molecule has 0 N–H and O–H groups in total. The fourth-order valence-electron chi connectivity index (χ4n) is 8.13. The minimum atomic E-state index is 0.142. The first-order valence-electron chi connectivity index (χ1n) is 19.0. The number of hydrogen-bond donors (Lipinski definition) is 0. The second-order valence-electron chi connectivity index (χ2n) is 14.4. The lowest BCUT2D eigenvalue weighted by Crippen LogP contribution is -2.08. The first-order chi connectivity index (χ1) is 26.7. The zero-order valence-corrected chi connectivity index (χ0v) is 29.9. The minimum Gasteiger partial charge on any atom is -0.254 e. The fraction of sp³-hybridized carbons (Fsp3) is 0.120. The molecule has 0 bridgehead atoms. The van der Waals surface area contributed by atoms with Gasteiger partial charge in [0.1, 0.15) is 5.82 Å². The first kappa shape index (κ1) is 32.2. The van der Waals surface area contributed by atoms with Crippen molar-refractivity contribution in [3.05, 3.63) is 187 Å². The number of allylic oxidation sites excluding steroid dienone is 12. The largest absolute Gasteiger partial charge is 0.254 e. The van der Waals surface area contributed by atoms with Crippen LogP contribution in [0.4, 0.5) is 0 Å². The van der Waals surface area contributed by atoms with Crippen molar-refractivity contribution in [1.29, 1.82) is 0 Å². The van der Waals surface area contributed by atoms with Gasteiger partial charge in [0.15, 0.2) is 0 Å².